The lowest BCUT2D eigenvalue weighted by atomic mass is 10.2. The molecule has 6 N–H and O–H groups in total. The number of carboxylic acid groups (broad SMARTS) is 2. The molecule has 0 fully saturated rings. The monoisotopic (exact) mass is 460 g/mol. The van der Waals surface area contributed by atoms with Crippen LogP contribution >= 0.6 is 23.2 Å². The van der Waals surface area contributed by atoms with Gasteiger partial charge in [-0.1, -0.05) is 23.2 Å². The van der Waals surface area contributed by atoms with Crippen molar-refractivity contribution >= 4 is 35.1 Å². The molecule has 8 nitrogen and oxygen atoms in total. The number of aliphatic carboxylic acids is 2. The topological polar surface area (TPSA) is 139 Å². The van der Waals surface area contributed by atoms with Gasteiger partial charge in [-0.15, -0.1) is 0 Å². The highest BCUT2D eigenvalue weighted by atomic mass is 35.5. The van der Waals surface area contributed by atoms with Crippen molar-refractivity contribution in [3.8, 4) is 11.5 Å². The maximum atomic E-state index is 9.69. The van der Waals surface area contributed by atoms with Crippen LogP contribution in [-0.2, 0) is 22.7 Å². The summed E-state index contributed by atoms with van der Waals surface area (Å²) >= 11 is 11.8. The van der Waals surface area contributed by atoms with Gasteiger partial charge >= 0.3 is 0 Å². The second-order valence-corrected chi connectivity index (χ2v) is 6.81. The van der Waals surface area contributed by atoms with E-state index in [1.165, 1.54) is 0 Å². The average molecular weight is 461 g/mol. The fraction of sp³-hybridized carbons (Fsp3) is 0.300. The van der Waals surface area contributed by atoms with Crippen LogP contribution in [0.1, 0.15) is 25.0 Å². The van der Waals surface area contributed by atoms with Crippen LogP contribution in [0.4, 0.5) is 0 Å². The summed E-state index contributed by atoms with van der Waals surface area (Å²) in [4.78, 5) is 18.0. The number of aromatic hydroxyl groups is 2. The number of hydrogen-bond acceptors (Lipinski definition) is 6. The van der Waals surface area contributed by atoms with Gasteiger partial charge in [0, 0.05) is 61.2 Å². The second-order valence-electron chi connectivity index (χ2n) is 5.94. The minimum absolute atomic E-state index is 0.230. The largest absolute Gasteiger partial charge is 0.508 e. The van der Waals surface area contributed by atoms with Gasteiger partial charge in [-0.3, -0.25) is 9.59 Å². The first-order chi connectivity index (χ1) is 14.0. The lowest BCUT2D eigenvalue weighted by Crippen LogP contribution is -2.26. The van der Waals surface area contributed by atoms with E-state index in [1.807, 2.05) is 0 Å². The summed E-state index contributed by atoms with van der Waals surface area (Å²) < 4.78 is 0. The molecule has 0 bridgehead atoms. The van der Waals surface area contributed by atoms with Gasteiger partial charge in [0.25, 0.3) is 11.9 Å². The van der Waals surface area contributed by atoms with Crippen molar-refractivity contribution in [2.45, 2.75) is 26.9 Å². The Bertz CT molecular complexity index is 742. The molecule has 10 heteroatoms. The van der Waals surface area contributed by atoms with Gasteiger partial charge in [0.1, 0.15) is 11.5 Å². The predicted molar refractivity (Wildman–Crippen MR) is 116 cm³/mol. The molecule has 0 aromatic heterocycles. The van der Waals surface area contributed by atoms with Crippen LogP contribution in [0.5, 0.6) is 11.5 Å². The summed E-state index contributed by atoms with van der Waals surface area (Å²) in [5.74, 6) is -1.21. The van der Waals surface area contributed by atoms with Crippen LogP contribution in [0.2, 0.25) is 10.0 Å². The molecule has 0 saturated carbocycles. The second kappa shape index (κ2) is 15.3. The fourth-order valence-electron chi connectivity index (χ4n) is 2.01. The van der Waals surface area contributed by atoms with Crippen LogP contribution in [0.3, 0.4) is 0 Å². The molecule has 0 amide bonds. The smallest absolute Gasteiger partial charge is 0.300 e. The number of nitrogens with one attached hydrogen (secondary N) is 2. The van der Waals surface area contributed by atoms with Gasteiger partial charge in [-0.2, -0.15) is 0 Å². The minimum atomic E-state index is -0.833. The maximum Gasteiger partial charge on any atom is 0.300 e. The van der Waals surface area contributed by atoms with Gasteiger partial charge in [0.15, 0.2) is 0 Å². The SMILES string of the molecule is CC(=O)O.CC(=O)O.Oc1ccc(Cl)cc1CNCCNCc1cc(Cl)ccc1O. The van der Waals surface area contributed by atoms with Gasteiger partial charge in [0.05, 0.1) is 0 Å². The fourth-order valence-corrected chi connectivity index (χ4v) is 2.40. The van der Waals surface area contributed by atoms with E-state index in [0.29, 0.717) is 36.2 Å². The zero-order valence-corrected chi connectivity index (χ0v) is 18.2. The Morgan fingerprint density at radius 2 is 1.07 bits per heavy atom. The maximum absolute atomic E-state index is 9.69. The van der Waals surface area contributed by atoms with E-state index in [2.05, 4.69) is 10.6 Å². The van der Waals surface area contributed by atoms with E-state index in [0.717, 1.165) is 25.0 Å². The highest BCUT2D eigenvalue weighted by molar-refractivity contribution is 6.31. The molecule has 0 heterocycles. The number of benzene rings is 2. The molecule has 0 atom stereocenters. The number of carbonyl (C=O) groups is 2. The molecular formula is C20H26Cl2N2O6. The first kappa shape index (κ1) is 27.5. The van der Waals surface area contributed by atoms with E-state index < -0.39 is 11.9 Å². The minimum Gasteiger partial charge on any atom is -0.508 e. The molecule has 166 valence electrons. The Kier molecular flexibility index (Phi) is 14.0. The summed E-state index contributed by atoms with van der Waals surface area (Å²) in [6, 6.07) is 9.94. The zero-order valence-electron chi connectivity index (χ0n) is 16.7. The predicted octanol–water partition coefficient (Wildman–Crippen LogP) is 3.47. The molecule has 0 spiro atoms. The summed E-state index contributed by atoms with van der Waals surface area (Å²) in [5, 5.41) is 41.8. The molecule has 0 saturated heterocycles. The van der Waals surface area contributed by atoms with Gasteiger partial charge in [-0.05, 0) is 36.4 Å². The van der Waals surface area contributed by atoms with Crippen molar-refractivity contribution in [1.29, 1.82) is 0 Å². The Labute approximate surface area is 185 Å². The lowest BCUT2D eigenvalue weighted by molar-refractivity contribution is -0.135. The lowest BCUT2D eigenvalue weighted by Gasteiger charge is -2.09. The first-order valence-electron chi connectivity index (χ1n) is 8.78. The Balaban J connectivity index is 0.000000901. The molecule has 0 unspecified atom stereocenters. The van der Waals surface area contributed by atoms with Gasteiger partial charge in [0.2, 0.25) is 0 Å². The van der Waals surface area contributed by atoms with Crippen LogP contribution in [0, 0.1) is 0 Å². The molecular weight excluding hydrogens is 435 g/mol. The Morgan fingerprint density at radius 3 is 1.37 bits per heavy atom. The highest BCUT2D eigenvalue weighted by Crippen LogP contribution is 2.21. The third-order valence-corrected chi connectivity index (χ3v) is 3.66. The van der Waals surface area contributed by atoms with E-state index in [4.69, 9.17) is 43.0 Å². The van der Waals surface area contributed by atoms with E-state index in [1.54, 1.807) is 36.4 Å². The van der Waals surface area contributed by atoms with Gasteiger partial charge < -0.3 is 31.1 Å². The van der Waals surface area contributed by atoms with E-state index in [9.17, 15) is 10.2 Å². The molecule has 30 heavy (non-hydrogen) atoms. The average Bonchev–Trinajstić information content (AvgIpc) is 2.62. The van der Waals surface area contributed by atoms with Gasteiger partial charge in [-0.25, -0.2) is 0 Å². The molecule has 0 aliphatic carbocycles. The zero-order chi connectivity index (χ0) is 23.1. The summed E-state index contributed by atoms with van der Waals surface area (Å²) in [6.45, 7) is 4.67. The number of carboxylic acids is 2. The van der Waals surface area contributed by atoms with Crippen molar-refractivity contribution in [2.75, 3.05) is 13.1 Å². The van der Waals surface area contributed by atoms with Crippen molar-refractivity contribution in [3.05, 3.63) is 57.6 Å². The first-order valence-corrected chi connectivity index (χ1v) is 9.53. The van der Waals surface area contributed by atoms with Crippen LogP contribution in [0.15, 0.2) is 36.4 Å². The van der Waals surface area contributed by atoms with Crippen LogP contribution in [-0.4, -0.2) is 45.5 Å². The standard InChI is InChI=1S/C16H18Cl2N2O2.2C2H4O2/c17-13-1-3-15(21)11(7-13)9-19-5-6-20-10-12-8-14(18)2-4-16(12)22;2*1-2(3)4/h1-4,7-8,19-22H,5-6,9-10H2;2*1H3,(H,3,4). The van der Waals surface area contributed by atoms with Crippen LogP contribution < -0.4 is 10.6 Å². The summed E-state index contributed by atoms with van der Waals surface area (Å²) in [6.07, 6.45) is 0. The summed E-state index contributed by atoms with van der Waals surface area (Å²) in [5.41, 5.74) is 1.53. The number of phenols is 2. The molecule has 2 aromatic rings. The summed E-state index contributed by atoms with van der Waals surface area (Å²) in [7, 11) is 0. The van der Waals surface area contributed by atoms with Crippen LogP contribution in [0.25, 0.3) is 0 Å². The number of hydrogen-bond donors (Lipinski definition) is 6. The molecule has 2 rings (SSSR count). The van der Waals surface area contributed by atoms with Crippen molar-refractivity contribution in [1.82, 2.24) is 10.6 Å². The van der Waals surface area contributed by atoms with Crippen molar-refractivity contribution < 1.29 is 30.0 Å². The molecule has 2 aromatic carbocycles. The normalized spacial score (nSPS) is 9.60. The third kappa shape index (κ3) is 14.5. The third-order valence-electron chi connectivity index (χ3n) is 3.19. The number of rotatable bonds is 7. The van der Waals surface area contributed by atoms with Crippen molar-refractivity contribution in [3.63, 3.8) is 0 Å². The van der Waals surface area contributed by atoms with Crippen molar-refractivity contribution in [2.24, 2.45) is 0 Å². The highest BCUT2D eigenvalue weighted by Gasteiger charge is 2.03. The van der Waals surface area contributed by atoms with E-state index >= 15 is 0 Å². The quantitative estimate of drug-likeness (QED) is 0.345. The Hall–Kier alpha value is -2.52. The number of phenolic OH excluding ortho intramolecular Hbond substituents is 2. The molecule has 0 aliphatic heterocycles. The molecule has 0 radical (unpaired) electrons. The molecule has 0 aliphatic rings. The number of halogens is 2. The Morgan fingerprint density at radius 1 is 0.767 bits per heavy atom. The van der Waals surface area contributed by atoms with E-state index in [-0.39, 0.29) is 11.5 Å².